The Bertz CT molecular complexity index is 1560. The molecule has 2 aliphatic rings. The van der Waals surface area contributed by atoms with Crippen molar-refractivity contribution in [2.45, 2.75) is 78.6 Å². The minimum atomic E-state index is 0.0294. The molecule has 212 valence electrons. The van der Waals surface area contributed by atoms with E-state index in [1.807, 2.05) is 0 Å². The first-order chi connectivity index (χ1) is 19.1. The molecule has 2 aliphatic carbocycles. The van der Waals surface area contributed by atoms with E-state index in [0.717, 1.165) is 20.3 Å². The second-order valence-electron chi connectivity index (χ2n) is 14.4. The molecule has 0 unspecified atom stereocenters. The van der Waals surface area contributed by atoms with Gasteiger partial charge in [0.1, 0.15) is 0 Å². The van der Waals surface area contributed by atoms with Crippen LogP contribution in [0.4, 0.5) is 17.1 Å². The molecule has 0 spiro atoms. The van der Waals surface area contributed by atoms with Crippen LogP contribution in [0.2, 0.25) is 0 Å². The number of hydrogen-bond donors (Lipinski definition) is 0. The summed E-state index contributed by atoms with van der Waals surface area (Å²) in [6, 6.07) is 31.2. The van der Waals surface area contributed by atoms with Crippen LogP contribution in [0.15, 0.2) is 93.9 Å². The molecule has 3 heteroatoms. The van der Waals surface area contributed by atoms with Crippen molar-refractivity contribution < 1.29 is 0 Å². The highest BCUT2D eigenvalue weighted by atomic mass is 79.9. The van der Waals surface area contributed by atoms with E-state index >= 15 is 0 Å². The maximum atomic E-state index is 3.64. The predicted molar refractivity (Wildman–Crippen MR) is 183 cm³/mol. The Morgan fingerprint density at radius 3 is 1.39 bits per heavy atom. The molecule has 4 aromatic carbocycles. The number of nitrogens with zero attached hydrogens (tertiary/aromatic N) is 1. The van der Waals surface area contributed by atoms with Gasteiger partial charge in [-0.2, -0.15) is 0 Å². The van der Waals surface area contributed by atoms with Crippen LogP contribution < -0.4 is 4.90 Å². The van der Waals surface area contributed by atoms with Crippen LogP contribution in [-0.4, -0.2) is 0 Å². The van der Waals surface area contributed by atoms with Gasteiger partial charge in [-0.15, -0.1) is 0 Å². The summed E-state index contributed by atoms with van der Waals surface area (Å²) in [5, 5.41) is 0. The van der Waals surface area contributed by atoms with Gasteiger partial charge < -0.3 is 4.90 Å². The van der Waals surface area contributed by atoms with Crippen LogP contribution in [0, 0.1) is 10.8 Å². The molecular formula is C38H41Br2N. The van der Waals surface area contributed by atoms with Gasteiger partial charge in [0.2, 0.25) is 0 Å². The molecule has 41 heavy (non-hydrogen) atoms. The van der Waals surface area contributed by atoms with Crippen LogP contribution in [0.25, 0.3) is 11.1 Å². The topological polar surface area (TPSA) is 3.24 Å². The van der Waals surface area contributed by atoms with Crippen molar-refractivity contribution in [3.63, 3.8) is 0 Å². The maximum Gasteiger partial charge on any atom is 0.0540 e. The van der Waals surface area contributed by atoms with E-state index < -0.39 is 0 Å². The highest BCUT2D eigenvalue weighted by Gasteiger charge is 2.72. The molecule has 0 aromatic heterocycles. The van der Waals surface area contributed by atoms with Crippen LogP contribution in [0.3, 0.4) is 0 Å². The minimum Gasteiger partial charge on any atom is -0.310 e. The van der Waals surface area contributed by atoms with Gasteiger partial charge in [0, 0.05) is 31.3 Å². The quantitative estimate of drug-likeness (QED) is 0.209. The molecule has 0 saturated carbocycles. The SMILES string of the molecule is CC1(C)c2cc(-c3ccccc3N(c3ccc(Br)cc3)c3ccc(Br)cc3)cc3c2C(C)(C1(C)C)C(C)(C)C3(C)C. The highest BCUT2D eigenvalue weighted by Crippen LogP contribution is 2.76. The van der Waals surface area contributed by atoms with E-state index in [0.29, 0.717) is 0 Å². The monoisotopic (exact) mass is 669 g/mol. The Kier molecular flexibility index (Phi) is 6.36. The average molecular weight is 672 g/mol. The molecule has 6 rings (SSSR count). The smallest absolute Gasteiger partial charge is 0.0540 e. The van der Waals surface area contributed by atoms with Gasteiger partial charge in [-0.1, -0.05) is 125 Å². The molecule has 0 fully saturated rings. The van der Waals surface area contributed by atoms with E-state index in [2.05, 4.69) is 184 Å². The van der Waals surface area contributed by atoms with Gasteiger partial charge in [-0.3, -0.25) is 0 Å². The van der Waals surface area contributed by atoms with E-state index in [-0.39, 0.29) is 27.1 Å². The number of rotatable bonds is 4. The van der Waals surface area contributed by atoms with Crippen molar-refractivity contribution in [3.8, 4) is 11.1 Å². The van der Waals surface area contributed by atoms with Gasteiger partial charge in [0.05, 0.1) is 5.69 Å². The fourth-order valence-electron chi connectivity index (χ4n) is 8.17. The first kappa shape index (κ1) is 28.7. The summed E-state index contributed by atoms with van der Waals surface area (Å²) in [6.07, 6.45) is 0. The Hall–Kier alpha value is -2.36. The van der Waals surface area contributed by atoms with Gasteiger partial charge >= 0.3 is 0 Å². The standard InChI is InChI=1S/C38H41Br2N/c1-34(2)30-22-24(23-31-33(30)38(9,36(34,5)6)37(7,8)35(31,3)4)29-12-10-11-13-32(29)41(27-18-14-25(39)15-19-27)28-20-16-26(40)17-21-28/h10-23H,1-9H3. The van der Waals surface area contributed by atoms with Gasteiger partial charge in [0.25, 0.3) is 0 Å². The van der Waals surface area contributed by atoms with Crippen molar-refractivity contribution in [2.24, 2.45) is 10.8 Å². The van der Waals surface area contributed by atoms with Crippen LogP contribution >= 0.6 is 31.9 Å². The summed E-state index contributed by atoms with van der Waals surface area (Å²) >= 11 is 7.27. The number of anilines is 3. The molecule has 0 saturated heterocycles. The van der Waals surface area contributed by atoms with E-state index in [1.54, 1.807) is 5.56 Å². The second-order valence-corrected chi connectivity index (χ2v) is 16.2. The summed E-state index contributed by atoms with van der Waals surface area (Å²) in [5.41, 5.74) is 10.9. The number of para-hydroxylation sites is 1. The normalized spacial score (nSPS) is 20.1. The van der Waals surface area contributed by atoms with E-state index in [9.17, 15) is 0 Å². The lowest BCUT2D eigenvalue weighted by atomic mass is 9.47. The van der Waals surface area contributed by atoms with Gasteiger partial charge in [-0.05, 0) is 98.5 Å². The lowest BCUT2D eigenvalue weighted by Gasteiger charge is -2.56. The van der Waals surface area contributed by atoms with Crippen molar-refractivity contribution in [1.82, 2.24) is 0 Å². The lowest BCUT2D eigenvalue weighted by molar-refractivity contribution is -0.0105. The average Bonchev–Trinajstić information content (AvgIpc) is 3.14. The highest BCUT2D eigenvalue weighted by molar-refractivity contribution is 9.10. The Morgan fingerprint density at radius 1 is 0.537 bits per heavy atom. The third-order valence-corrected chi connectivity index (χ3v) is 13.3. The Balaban J connectivity index is 1.64. The zero-order valence-electron chi connectivity index (χ0n) is 25.8. The number of halogens is 2. The van der Waals surface area contributed by atoms with E-state index in [1.165, 1.54) is 27.9 Å². The molecule has 0 heterocycles. The summed E-state index contributed by atoms with van der Waals surface area (Å²) in [5.74, 6) is 0. The molecule has 1 nitrogen and oxygen atoms in total. The summed E-state index contributed by atoms with van der Waals surface area (Å²) in [4.78, 5) is 2.38. The summed E-state index contributed by atoms with van der Waals surface area (Å²) in [6.45, 7) is 22.5. The molecule has 0 amide bonds. The van der Waals surface area contributed by atoms with Crippen molar-refractivity contribution in [2.75, 3.05) is 4.90 Å². The largest absolute Gasteiger partial charge is 0.310 e. The minimum absolute atomic E-state index is 0.0294. The maximum absolute atomic E-state index is 3.64. The first-order valence-electron chi connectivity index (χ1n) is 14.7. The predicted octanol–water partition coefficient (Wildman–Crippen LogP) is 12.2. The molecule has 0 aliphatic heterocycles. The van der Waals surface area contributed by atoms with Gasteiger partial charge in [-0.25, -0.2) is 0 Å². The third kappa shape index (κ3) is 3.64. The number of benzene rings is 4. The summed E-state index contributed by atoms with van der Waals surface area (Å²) < 4.78 is 2.15. The van der Waals surface area contributed by atoms with Crippen LogP contribution in [-0.2, 0) is 16.2 Å². The molecule has 0 bridgehead atoms. The first-order valence-corrected chi connectivity index (χ1v) is 16.3. The van der Waals surface area contributed by atoms with Gasteiger partial charge in [0.15, 0.2) is 0 Å². The fourth-order valence-corrected chi connectivity index (χ4v) is 8.70. The fraction of sp³-hybridized carbons (Fsp3) is 0.368. The zero-order valence-corrected chi connectivity index (χ0v) is 29.0. The second kappa shape index (κ2) is 9.07. The third-order valence-electron chi connectivity index (χ3n) is 12.2. The molecule has 0 N–H and O–H groups in total. The van der Waals surface area contributed by atoms with Crippen molar-refractivity contribution >= 4 is 48.9 Å². The number of hydrogen-bond acceptors (Lipinski definition) is 1. The zero-order chi connectivity index (χ0) is 29.8. The summed E-state index contributed by atoms with van der Waals surface area (Å²) in [7, 11) is 0. The molecule has 0 atom stereocenters. The molecule has 4 aromatic rings. The van der Waals surface area contributed by atoms with Crippen LogP contribution in [0.1, 0.15) is 79.0 Å². The Morgan fingerprint density at radius 2 is 0.951 bits per heavy atom. The van der Waals surface area contributed by atoms with Crippen molar-refractivity contribution in [1.29, 1.82) is 0 Å². The Labute approximate surface area is 263 Å². The molecule has 0 radical (unpaired) electrons. The van der Waals surface area contributed by atoms with Crippen LogP contribution in [0.5, 0.6) is 0 Å². The molecular weight excluding hydrogens is 630 g/mol. The van der Waals surface area contributed by atoms with Crippen molar-refractivity contribution in [3.05, 3.63) is 111 Å². The lowest BCUT2D eigenvalue weighted by Crippen LogP contribution is -2.55. The van der Waals surface area contributed by atoms with E-state index in [4.69, 9.17) is 0 Å².